The van der Waals surface area contributed by atoms with E-state index in [2.05, 4.69) is 10.6 Å². The lowest BCUT2D eigenvalue weighted by molar-refractivity contribution is -0.114. The SMILES string of the molecule is CCOc1ccc(NC(=O)CNc2ccc(OC)c(Cl)c2)cc1OCC. The van der Waals surface area contributed by atoms with E-state index in [9.17, 15) is 4.79 Å². The Labute approximate surface area is 158 Å². The van der Waals surface area contributed by atoms with Gasteiger partial charge in [0.25, 0.3) is 0 Å². The molecule has 6 nitrogen and oxygen atoms in total. The summed E-state index contributed by atoms with van der Waals surface area (Å²) in [6, 6.07) is 10.5. The fourth-order valence-electron chi connectivity index (χ4n) is 2.29. The molecule has 0 saturated carbocycles. The molecule has 2 rings (SSSR count). The summed E-state index contributed by atoms with van der Waals surface area (Å²) < 4.78 is 16.2. The first kappa shape index (κ1) is 19.7. The fourth-order valence-corrected chi connectivity index (χ4v) is 2.55. The Balaban J connectivity index is 1.96. The molecule has 7 heteroatoms. The summed E-state index contributed by atoms with van der Waals surface area (Å²) in [6.07, 6.45) is 0. The second-order valence-electron chi connectivity index (χ2n) is 5.28. The van der Waals surface area contributed by atoms with E-state index in [0.717, 1.165) is 5.69 Å². The van der Waals surface area contributed by atoms with E-state index in [-0.39, 0.29) is 12.5 Å². The largest absolute Gasteiger partial charge is 0.495 e. The number of anilines is 2. The number of methoxy groups -OCH3 is 1. The lowest BCUT2D eigenvalue weighted by Gasteiger charge is -2.13. The number of halogens is 1. The van der Waals surface area contributed by atoms with Crippen molar-refractivity contribution in [2.45, 2.75) is 13.8 Å². The molecule has 2 aromatic carbocycles. The van der Waals surface area contributed by atoms with Crippen LogP contribution in [0.25, 0.3) is 0 Å². The summed E-state index contributed by atoms with van der Waals surface area (Å²) >= 11 is 6.07. The third-order valence-electron chi connectivity index (χ3n) is 3.43. The number of hydrogen-bond donors (Lipinski definition) is 2. The first-order valence-electron chi connectivity index (χ1n) is 8.34. The zero-order chi connectivity index (χ0) is 18.9. The molecule has 0 aliphatic rings. The highest BCUT2D eigenvalue weighted by molar-refractivity contribution is 6.32. The van der Waals surface area contributed by atoms with Crippen LogP contribution in [0, 0.1) is 0 Å². The molecule has 0 aliphatic heterocycles. The van der Waals surface area contributed by atoms with Gasteiger partial charge in [-0.05, 0) is 44.2 Å². The topological polar surface area (TPSA) is 68.8 Å². The van der Waals surface area contributed by atoms with Gasteiger partial charge in [0.2, 0.25) is 5.91 Å². The highest BCUT2D eigenvalue weighted by Crippen LogP contribution is 2.30. The van der Waals surface area contributed by atoms with Crippen LogP contribution in [-0.4, -0.2) is 32.8 Å². The molecule has 2 N–H and O–H groups in total. The van der Waals surface area contributed by atoms with Gasteiger partial charge in [0, 0.05) is 17.4 Å². The normalized spacial score (nSPS) is 10.2. The first-order chi connectivity index (χ1) is 12.6. The third kappa shape index (κ3) is 5.46. The van der Waals surface area contributed by atoms with Gasteiger partial charge in [0.15, 0.2) is 11.5 Å². The van der Waals surface area contributed by atoms with Crippen LogP contribution in [-0.2, 0) is 4.79 Å². The minimum atomic E-state index is -0.191. The van der Waals surface area contributed by atoms with Crippen LogP contribution in [0.3, 0.4) is 0 Å². The van der Waals surface area contributed by atoms with Crippen LogP contribution < -0.4 is 24.8 Å². The van der Waals surface area contributed by atoms with Crippen molar-refractivity contribution in [2.75, 3.05) is 37.5 Å². The molecule has 0 saturated heterocycles. The molecule has 0 unspecified atom stereocenters. The molecule has 26 heavy (non-hydrogen) atoms. The minimum absolute atomic E-state index is 0.0971. The van der Waals surface area contributed by atoms with Gasteiger partial charge in [0.1, 0.15) is 5.75 Å². The van der Waals surface area contributed by atoms with Gasteiger partial charge in [-0.25, -0.2) is 0 Å². The quantitative estimate of drug-likeness (QED) is 0.684. The Morgan fingerprint density at radius 1 is 0.962 bits per heavy atom. The highest BCUT2D eigenvalue weighted by atomic mass is 35.5. The molecule has 0 heterocycles. The molecular weight excluding hydrogens is 356 g/mol. The van der Waals surface area contributed by atoms with Crippen LogP contribution in [0.2, 0.25) is 5.02 Å². The summed E-state index contributed by atoms with van der Waals surface area (Å²) in [5.41, 5.74) is 1.36. The van der Waals surface area contributed by atoms with Crippen molar-refractivity contribution in [3.63, 3.8) is 0 Å². The monoisotopic (exact) mass is 378 g/mol. The number of amides is 1. The van der Waals surface area contributed by atoms with Gasteiger partial charge >= 0.3 is 0 Å². The van der Waals surface area contributed by atoms with Crippen molar-refractivity contribution in [1.82, 2.24) is 0 Å². The van der Waals surface area contributed by atoms with E-state index in [0.29, 0.717) is 41.2 Å². The second-order valence-corrected chi connectivity index (χ2v) is 5.69. The van der Waals surface area contributed by atoms with Crippen molar-refractivity contribution in [3.05, 3.63) is 41.4 Å². The van der Waals surface area contributed by atoms with Gasteiger partial charge in [-0.3, -0.25) is 4.79 Å². The predicted octanol–water partition coefficient (Wildman–Crippen LogP) is 4.20. The van der Waals surface area contributed by atoms with Crippen molar-refractivity contribution in [3.8, 4) is 17.2 Å². The van der Waals surface area contributed by atoms with Gasteiger partial charge in [0.05, 0.1) is 31.9 Å². The average molecular weight is 379 g/mol. The number of ether oxygens (including phenoxy) is 3. The van der Waals surface area contributed by atoms with Crippen molar-refractivity contribution < 1.29 is 19.0 Å². The molecule has 0 aliphatic carbocycles. The Morgan fingerprint density at radius 3 is 2.27 bits per heavy atom. The lowest BCUT2D eigenvalue weighted by atomic mass is 10.2. The number of rotatable bonds is 9. The number of nitrogens with one attached hydrogen (secondary N) is 2. The van der Waals surface area contributed by atoms with Gasteiger partial charge in [-0.15, -0.1) is 0 Å². The summed E-state index contributed by atoms with van der Waals surface area (Å²) in [5.74, 6) is 1.64. The standard InChI is InChI=1S/C19H23ClN2O4/c1-4-25-17-9-7-14(11-18(17)26-5-2)22-19(23)12-21-13-6-8-16(24-3)15(20)10-13/h6-11,21H,4-5,12H2,1-3H3,(H,22,23). The Hall–Kier alpha value is -2.60. The number of hydrogen-bond acceptors (Lipinski definition) is 5. The Kier molecular flexibility index (Phi) is 7.41. The van der Waals surface area contributed by atoms with Crippen LogP contribution in [0.1, 0.15) is 13.8 Å². The van der Waals surface area contributed by atoms with Crippen molar-refractivity contribution >= 4 is 28.9 Å². The zero-order valence-electron chi connectivity index (χ0n) is 15.1. The van der Waals surface area contributed by atoms with Crippen LogP contribution in [0.15, 0.2) is 36.4 Å². The molecule has 140 valence electrons. The van der Waals surface area contributed by atoms with E-state index in [4.69, 9.17) is 25.8 Å². The fraction of sp³-hybridized carbons (Fsp3) is 0.316. The summed E-state index contributed by atoms with van der Waals surface area (Å²) in [7, 11) is 1.55. The molecule has 0 radical (unpaired) electrons. The summed E-state index contributed by atoms with van der Waals surface area (Å²) in [4.78, 5) is 12.2. The Morgan fingerprint density at radius 2 is 1.62 bits per heavy atom. The maximum absolute atomic E-state index is 12.2. The molecule has 0 atom stereocenters. The van der Waals surface area contributed by atoms with Crippen LogP contribution >= 0.6 is 11.6 Å². The molecule has 0 bridgehead atoms. The van der Waals surface area contributed by atoms with Crippen LogP contribution in [0.5, 0.6) is 17.2 Å². The summed E-state index contributed by atoms with van der Waals surface area (Å²) in [5, 5.41) is 6.32. The number of carbonyl (C=O) groups excluding carboxylic acids is 1. The smallest absolute Gasteiger partial charge is 0.243 e. The molecule has 0 aromatic heterocycles. The molecule has 0 fully saturated rings. The van der Waals surface area contributed by atoms with E-state index in [1.54, 1.807) is 43.5 Å². The highest BCUT2D eigenvalue weighted by Gasteiger charge is 2.09. The lowest BCUT2D eigenvalue weighted by Crippen LogP contribution is -2.21. The van der Waals surface area contributed by atoms with Gasteiger partial charge in [-0.2, -0.15) is 0 Å². The van der Waals surface area contributed by atoms with Gasteiger partial charge < -0.3 is 24.8 Å². The third-order valence-corrected chi connectivity index (χ3v) is 3.73. The van der Waals surface area contributed by atoms with E-state index in [1.807, 2.05) is 13.8 Å². The molecule has 0 spiro atoms. The maximum atomic E-state index is 12.2. The maximum Gasteiger partial charge on any atom is 0.243 e. The van der Waals surface area contributed by atoms with Crippen molar-refractivity contribution in [1.29, 1.82) is 0 Å². The van der Waals surface area contributed by atoms with E-state index >= 15 is 0 Å². The molecular formula is C19H23ClN2O4. The average Bonchev–Trinajstić information content (AvgIpc) is 2.62. The van der Waals surface area contributed by atoms with E-state index < -0.39 is 0 Å². The zero-order valence-corrected chi connectivity index (χ0v) is 15.9. The van der Waals surface area contributed by atoms with Gasteiger partial charge in [-0.1, -0.05) is 11.6 Å². The second kappa shape index (κ2) is 9.77. The Bertz CT molecular complexity index is 752. The van der Waals surface area contributed by atoms with E-state index in [1.165, 1.54) is 0 Å². The first-order valence-corrected chi connectivity index (χ1v) is 8.72. The number of carbonyl (C=O) groups is 1. The van der Waals surface area contributed by atoms with Crippen LogP contribution in [0.4, 0.5) is 11.4 Å². The van der Waals surface area contributed by atoms with Crippen molar-refractivity contribution in [2.24, 2.45) is 0 Å². The molecule has 2 aromatic rings. The molecule has 1 amide bonds. The predicted molar refractivity (Wildman–Crippen MR) is 104 cm³/mol. The minimum Gasteiger partial charge on any atom is -0.495 e. The summed E-state index contributed by atoms with van der Waals surface area (Å²) in [6.45, 7) is 4.95. The number of benzene rings is 2.